The average Bonchev–Trinajstić information content (AvgIpc) is 2.06. The van der Waals surface area contributed by atoms with E-state index in [0.717, 1.165) is 0 Å². The molecule has 0 aromatic heterocycles. The summed E-state index contributed by atoms with van der Waals surface area (Å²) in [5.74, 6) is 0. The monoisotopic (exact) mass is 239 g/mol. The molecule has 0 saturated heterocycles. The first kappa shape index (κ1) is 20.6. The lowest BCUT2D eigenvalue weighted by Crippen LogP contribution is -3.00. The van der Waals surface area contributed by atoms with E-state index < -0.39 is 0 Å². The highest BCUT2D eigenvalue weighted by molar-refractivity contribution is 4.43. The zero-order valence-corrected chi connectivity index (χ0v) is 11.7. The fourth-order valence-electron chi connectivity index (χ4n) is 2.57. The van der Waals surface area contributed by atoms with E-state index in [1.165, 1.54) is 56.3 Å². The van der Waals surface area contributed by atoms with Crippen LogP contribution >= 0.6 is 0 Å². The van der Waals surface area contributed by atoms with Crippen LogP contribution in [0.5, 0.6) is 0 Å². The smallest absolute Gasteiger partial charge is 0.0783 e. The van der Waals surface area contributed by atoms with Gasteiger partial charge in [-0.05, 0) is 25.7 Å². The Bertz CT molecular complexity index is 90.7. The fraction of sp³-hybridized carbons (Fsp3) is 1.00. The van der Waals surface area contributed by atoms with Gasteiger partial charge in [0, 0.05) is 0 Å². The predicted molar refractivity (Wildman–Crippen MR) is 64.5 cm³/mol. The number of halogens is 1. The van der Waals surface area contributed by atoms with Gasteiger partial charge in [0.15, 0.2) is 0 Å². The molecule has 0 atom stereocenters. The summed E-state index contributed by atoms with van der Waals surface area (Å²) < 4.78 is 1.38. The predicted octanol–water partition coefficient (Wildman–Crippen LogP) is -0.377. The zero-order valence-electron chi connectivity index (χ0n) is 11.0. The topological polar surface area (TPSA) is 31.5 Å². The molecule has 2 N–H and O–H groups in total. The Morgan fingerprint density at radius 3 is 0.933 bits per heavy atom. The molecular weight excluding hydrogens is 210 g/mol. The van der Waals surface area contributed by atoms with Crippen molar-refractivity contribution in [3.63, 3.8) is 0 Å². The van der Waals surface area contributed by atoms with E-state index in [1.807, 2.05) is 0 Å². The highest BCUT2D eigenvalue weighted by Crippen LogP contribution is 2.12. The Morgan fingerprint density at radius 1 is 0.600 bits per heavy atom. The summed E-state index contributed by atoms with van der Waals surface area (Å²) in [5.41, 5.74) is 0. The van der Waals surface area contributed by atoms with Crippen molar-refractivity contribution < 1.29 is 22.4 Å². The number of rotatable bonds is 8. The molecule has 0 aliphatic heterocycles. The van der Waals surface area contributed by atoms with Gasteiger partial charge < -0.3 is 22.4 Å². The summed E-state index contributed by atoms with van der Waals surface area (Å²) >= 11 is 0. The van der Waals surface area contributed by atoms with Crippen LogP contribution in [0.25, 0.3) is 0 Å². The lowest BCUT2D eigenvalue weighted by Gasteiger charge is -2.38. The van der Waals surface area contributed by atoms with Gasteiger partial charge in [0.05, 0.1) is 26.2 Å². The number of hydrogen-bond donors (Lipinski definition) is 0. The van der Waals surface area contributed by atoms with Gasteiger partial charge in [-0.2, -0.15) is 0 Å². The molecule has 0 fully saturated rings. The lowest BCUT2D eigenvalue weighted by molar-refractivity contribution is -0.928. The second-order valence-electron chi connectivity index (χ2n) is 4.24. The molecule has 96 valence electrons. The van der Waals surface area contributed by atoms with Crippen LogP contribution in [-0.4, -0.2) is 36.1 Å². The normalized spacial score (nSPS) is 10.4. The van der Waals surface area contributed by atoms with Gasteiger partial charge >= 0.3 is 0 Å². The highest BCUT2D eigenvalue weighted by Gasteiger charge is 2.22. The van der Waals surface area contributed by atoms with Gasteiger partial charge in [-0.1, -0.05) is 27.7 Å². The van der Waals surface area contributed by atoms with E-state index in [0.29, 0.717) is 0 Å². The quantitative estimate of drug-likeness (QED) is 0.518. The second-order valence-corrected chi connectivity index (χ2v) is 4.24. The maximum Gasteiger partial charge on any atom is 0.0783 e. The minimum Gasteiger partial charge on any atom is -1.00 e. The largest absolute Gasteiger partial charge is 1.00 e. The Hall–Kier alpha value is 0.210. The van der Waals surface area contributed by atoms with Gasteiger partial charge in [0.25, 0.3) is 0 Å². The Kier molecular flexibility index (Phi) is 16.9. The van der Waals surface area contributed by atoms with Crippen LogP contribution in [0.4, 0.5) is 0 Å². The molecule has 0 aliphatic rings. The van der Waals surface area contributed by atoms with Crippen LogP contribution < -0.4 is 12.4 Å². The molecule has 0 radical (unpaired) electrons. The van der Waals surface area contributed by atoms with Crippen molar-refractivity contribution in [3.8, 4) is 0 Å². The van der Waals surface area contributed by atoms with Crippen molar-refractivity contribution in [1.82, 2.24) is 0 Å². The summed E-state index contributed by atoms with van der Waals surface area (Å²) in [5, 5.41) is 0. The van der Waals surface area contributed by atoms with Crippen molar-refractivity contribution in [3.05, 3.63) is 0 Å². The Labute approximate surface area is 102 Å². The van der Waals surface area contributed by atoms with Gasteiger partial charge in [-0.25, -0.2) is 0 Å². The molecule has 3 heteroatoms. The van der Waals surface area contributed by atoms with Crippen molar-refractivity contribution in [2.24, 2.45) is 0 Å². The van der Waals surface area contributed by atoms with E-state index in [-0.39, 0.29) is 17.9 Å². The molecule has 0 spiro atoms. The van der Waals surface area contributed by atoms with Crippen molar-refractivity contribution in [1.29, 1.82) is 0 Å². The molecule has 0 bridgehead atoms. The lowest BCUT2D eigenvalue weighted by atomic mass is 10.2. The van der Waals surface area contributed by atoms with Gasteiger partial charge in [0.2, 0.25) is 0 Å². The van der Waals surface area contributed by atoms with Crippen molar-refractivity contribution in [2.75, 3.05) is 26.2 Å². The van der Waals surface area contributed by atoms with Gasteiger partial charge in [-0.15, -0.1) is 0 Å². The maximum atomic E-state index is 2.31. The number of hydrogen-bond acceptors (Lipinski definition) is 0. The van der Waals surface area contributed by atoms with Crippen LogP contribution in [0.1, 0.15) is 53.4 Å². The van der Waals surface area contributed by atoms with E-state index in [2.05, 4.69) is 27.7 Å². The summed E-state index contributed by atoms with van der Waals surface area (Å²) in [6.45, 7) is 14.8. The molecular formula is C12H30ClNO. The van der Waals surface area contributed by atoms with Crippen LogP contribution in [0.15, 0.2) is 0 Å². The fourth-order valence-corrected chi connectivity index (χ4v) is 2.57. The van der Waals surface area contributed by atoms with E-state index in [4.69, 9.17) is 0 Å². The third-order valence-corrected chi connectivity index (χ3v) is 2.79. The average molecular weight is 240 g/mol. The molecule has 2 nitrogen and oxygen atoms in total. The molecule has 0 amide bonds. The molecule has 0 unspecified atom stereocenters. The van der Waals surface area contributed by atoms with Crippen molar-refractivity contribution >= 4 is 0 Å². The van der Waals surface area contributed by atoms with Gasteiger partial charge in [0.1, 0.15) is 0 Å². The van der Waals surface area contributed by atoms with E-state index in [1.54, 1.807) is 0 Å². The standard InChI is InChI=1S/C12H28N.ClH.H2O/c1-5-9-13(10-6-2,11-7-3)12-8-4;;/h5-12H2,1-4H3;1H;1H2/q+1;;/p-1. The second kappa shape index (κ2) is 12.3. The Balaban J connectivity index is -0.000000720. The molecule has 0 rings (SSSR count). The first-order valence-corrected chi connectivity index (χ1v) is 6.09. The van der Waals surface area contributed by atoms with Crippen LogP contribution in [0.2, 0.25) is 0 Å². The third kappa shape index (κ3) is 8.06. The van der Waals surface area contributed by atoms with Crippen LogP contribution in [0.3, 0.4) is 0 Å². The molecule has 15 heavy (non-hydrogen) atoms. The van der Waals surface area contributed by atoms with E-state index >= 15 is 0 Å². The minimum absolute atomic E-state index is 0. The molecule has 0 aliphatic carbocycles. The number of quaternary nitrogens is 1. The summed E-state index contributed by atoms with van der Waals surface area (Å²) in [6, 6.07) is 0. The summed E-state index contributed by atoms with van der Waals surface area (Å²) in [6.07, 6.45) is 5.33. The first-order chi connectivity index (χ1) is 6.24. The molecule has 0 heterocycles. The number of nitrogens with zero attached hydrogens (tertiary/aromatic N) is 1. The summed E-state index contributed by atoms with van der Waals surface area (Å²) in [7, 11) is 0. The van der Waals surface area contributed by atoms with Crippen LogP contribution in [0, 0.1) is 0 Å². The SMILES string of the molecule is CCC[N+](CCC)(CCC)CCC.O.[Cl-]. The van der Waals surface area contributed by atoms with E-state index in [9.17, 15) is 0 Å². The summed E-state index contributed by atoms with van der Waals surface area (Å²) in [4.78, 5) is 0. The van der Waals surface area contributed by atoms with Gasteiger partial charge in [-0.3, -0.25) is 0 Å². The first-order valence-electron chi connectivity index (χ1n) is 6.09. The van der Waals surface area contributed by atoms with Crippen LogP contribution in [-0.2, 0) is 0 Å². The third-order valence-electron chi connectivity index (χ3n) is 2.79. The zero-order chi connectivity index (χ0) is 10.2. The maximum absolute atomic E-state index is 2.31. The molecule has 0 saturated carbocycles. The molecule has 0 aromatic carbocycles. The Morgan fingerprint density at radius 2 is 0.800 bits per heavy atom. The van der Waals surface area contributed by atoms with Crippen molar-refractivity contribution in [2.45, 2.75) is 53.4 Å². The highest BCUT2D eigenvalue weighted by atomic mass is 35.5. The minimum atomic E-state index is 0. The molecule has 0 aromatic rings.